The molecular formula is C12H13NO2. The van der Waals surface area contributed by atoms with Crippen LogP contribution in [0.4, 0.5) is 0 Å². The van der Waals surface area contributed by atoms with Crippen molar-refractivity contribution in [1.82, 2.24) is 0 Å². The third-order valence-corrected chi connectivity index (χ3v) is 1.89. The van der Waals surface area contributed by atoms with Gasteiger partial charge < -0.3 is 4.74 Å². The van der Waals surface area contributed by atoms with Crippen LogP contribution in [0.25, 0.3) is 0 Å². The molecule has 0 radical (unpaired) electrons. The van der Waals surface area contributed by atoms with Crippen molar-refractivity contribution in [3.63, 3.8) is 0 Å². The van der Waals surface area contributed by atoms with Gasteiger partial charge in [0.05, 0.1) is 6.07 Å². The minimum absolute atomic E-state index is 0.237. The van der Waals surface area contributed by atoms with Gasteiger partial charge in [0.2, 0.25) is 0 Å². The van der Waals surface area contributed by atoms with Crippen molar-refractivity contribution in [1.29, 1.82) is 5.26 Å². The Morgan fingerprint density at radius 1 is 1.27 bits per heavy atom. The Bertz CT molecular complexity index is 340. The molecule has 0 heterocycles. The number of rotatable bonds is 5. The monoisotopic (exact) mass is 203 g/mol. The van der Waals surface area contributed by atoms with E-state index < -0.39 is 0 Å². The maximum absolute atomic E-state index is 11.3. The van der Waals surface area contributed by atoms with E-state index in [0.29, 0.717) is 25.0 Å². The number of hydrogen-bond acceptors (Lipinski definition) is 3. The lowest BCUT2D eigenvalue weighted by Gasteiger charge is -2.02. The lowest BCUT2D eigenvalue weighted by atomic mass is 10.2. The zero-order chi connectivity index (χ0) is 10.9. The van der Waals surface area contributed by atoms with Crippen LogP contribution in [0.15, 0.2) is 30.3 Å². The average molecular weight is 203 g/mol. The van der Waals surface area contributed by atoms with Crippen molar-refractivity contribution in [2.75, 3.05) is 0 Å². The van der Waals surface area contributed by atoms with Crippen LogP contribution in [0.3, 0.4) is 0 Å². The van der Waals surface area contributed by atoms with Crippen molar-refractivity contribution in [3.05, 3.63) is 30.3 Å². The number of para-hydroxylation sites is 1. The molecular weight excluding hydrogens is 190 g/mol. The van der Waals surface area contributed by atoms with Crippen LogP contribution < -0.4 is 4.74 Å². The zero-order valence-corrected chi connectivity index (χ0v) is 8.48. The molecule has 1 rings (SSSR count). The van der Waals surface area contributed by atoms with Gasteiger partial charge >= 0.3 is 5.97 Å². The van der Waals surface area contributed by atoms with Crippen LogP contribution in [-0.4, -0.2) is 5.97 Å². The summed E-state index contributed by atoms with van der Waals surface area (Å²) in [6, 6.07) is 11.0. The maximum atomic E-state index is 11.3. The average Bonchev–Trinajstić information content (AvgIpc) is 2.26. The van der Waals surface area contributed by atoms with Crippen LogP contribution in [0, 0.1) is 11.3 Å². The van der Waals surface area contributed by atoms with Crippen molar-refractivity contribution in [2.45, 2.75) is 25.7 Å². The van der Waals surface area contributed by atoms with Crippen molar-refractivity contribution < 1.29 is 9.53 Å². The third-order valence-electron chi connectivity index (χ3n) is 1.89. The molecule has 0 saturated carbocycles. The first-order valence-corrected chi connectivity index (χ1v) is 4.95. The molecule has 0 saturated heterocycles. The van der Waals surface area contributed by atoms with Gasteiger partial charge in [-0.1, -0.05) is 18.2 Å². The topological polar surface area (TPSA) is 50.1 Å². The van der Waals surface area contributed by atoms with Crippen molar-refractivity contribution >= 4 is 5.97 Å². The molecule has 1 aromatic carbocycles. The van der Waals surface area contributed by atoms with Gasteiger partial charge in [-0.15, -0.1) is 0 Å². The summed E-state index contributed by atoms with van der Waals surface area (Å²) in [7, 11) is 0. The van der Waals surface area contributed by atoms with E-state index in [1.165, 1.54) is 0 Å². The summed E-state index contributed by atoms with van der Waals surface area (Å²) in [4.78, 5) is 11.3. The predicted octanol–water partition coefficient (Wildman–Crippen LogP) is 2.68. The predicted molar refractivity (Wildman–Crippen MR) is 56.2 cm³/mol. The van der Waals surface area contributed by atoms with Crippen molar-refractivity contribution in [3.8, 4) is 11.8 Å². The largest absolute Gasteiger partial charge is 0.427 e. The molecule has 0 bridgehead atoms. The van der Waals surface area contributed by atoms with Gasteiger partial charge in [-0.05, 0) is 25.0 Å². The number of carbonyl (C=O) groups is 1. The normalized spacial score (nSPS) is 9.27. The Hall–Kier alpha value is -1.82. The molecule has 0 N–H and O–H groups in total. The van der Waals surface area contributed by atoms with Gasteiger partial charge in [0.15, 0.2) is 0 Å². The number of nitriles is 1. The highest BCUT2D eigenvalue weighted by Crippen LogP contribution is 2.10. The van der Waals surface area contributed by atoms with E-state index in [1.54, 1.807) is 12.1 Å². The van der Waals surface area contributed by atoms with E-state index >= 15 is 0 Å². The Morgan fingerprint density at radius 2 is 2.00 bits per heavy atom. The van der Waals surface area contributed by atoms with E-state index in [0.717, 1.165) is 6.42 Å². The second-order valence-corrected chi connectivity index (χ2v) is 3.15. The molecule has 1 aromatic rings. The standard InChI is InChI=1S/C12H13NO2/c13-10-6-2-5-9-12(14)15-11-7-3-1-4-8-11/h1,3-4,7-8H,2,5-6,9H2. The maximum Gasteiger partial charge on any atom is 0.311 e. The molecule has 0 aliphatic rings. The second kappa shape index (κ2) is 6.61. The van der Waals surface area contributed by atoms with E-state index in [1.807, 2.05) is 24.3 Å². The Kier molecular flexibility index (Phi) is 4.96. The number of nitrogens with zero attached hydrogens (tertiary/aromatic N) is 1. The Morgan fingerprint density at radius 3 is 2.67 bits per heavy atom. The smallest absolute Gasteiger partial charge is 0.311 e. The molecule has 0 spiro atoms. The molecule has 0 unspecified atom stereocenters. The summed E-state index contributed by atoms with van der Waals surface area (Å²) < 4.78 is 5.07. The first-order chi connectivity index (χ1) is 7.33. The van der Waals surface area contributed by atoms with Gasteiger partial charge in [-0.25, -0.2) is 0 Å². The summed E-state index contributed by atoms with van der Waals surface area (Å²) >= 11 is 0. The van der Waals surface area contributed by atoms with Gasteiger partial charge in [-0.2, -0.15) is 5.26 Å². The van der Waals surface area contributed by atoms with Crippen LogP contribution in [0.5, 0.6) is 5.75 Å². The van der Waals surface area contributed by atoms with Crippen LogP contribution in [0.2, 0.25) is 0 Å². The Labute approximate surface area is 89.3 Å². The number of ether oxygens (including phenoxy) is 1. The third kappa shape index (κ3) is 4.82. The van der Waals surface area contributed by atoms with Crippen LogP contribution >= 0.6 is 0 Å². The number of benzene rings is 1. The minimum atomic E-state index is -0.237. The molecule has 15 heavy (non-hydrogen) atoms. The van der Waals surface area contributed by atoms with Gasteiger partial charge in [0.1, 0.15) is 5.75 Å². The summed E-state index contributed by atoms with van der Waals surface area (Å²) in [5.41, 5.74) is 0. The molecule has 0 aliphatic heterocycles. The van der Waals surface area contributed by atoms with Crippen LogP contribution in [-0.2, 0) is 4.79 Å². The SMILES string of the molecule is N#CCCCCC(=O)Oc1ccccc1. The molecule has 0 fully saturated rings. The first-order valence-electron chi connectivity index (χ1n) is 4.95. The van der Waals surface area contributed by atoms with E-state index in [2.05, 4.69) is 0 Å². The number of esters is 1. The first kappa shape index (κ1) is 11.3. The van der Waals surface area contributed by atoms with Gasteiger partial charge in [-0.3, -0.25) is 4.79 Å². The second-order valence-electron chi connectivity index (χ2n) is 3.15. The summed E-state index contributed by atoms with van der Waals surface area (Å²) in [5, 5.41) is 8.30. The van der Waals surface area contributed by atoms with Crippen molar-refractivity contribution in [2.24, 2.45) is 0 Å². The molecule has 0 aliphatic carbocycles. The van der Waals surface area contributed by atoms with Gasteiger partial charge in [0, 0.05) is 12.8 Å². The molecule has 0 aromatic heterocycles. The fraction of sp³-hybridized carbons (Fsp3) is 0.333. The van der Waals surface area contributed by atoms with E-state index in [9.17, 15) is 4.79 Å². The number of unbranched alkanes of at least 4 members (excludes halogenated alkanes) is 2. The minimum Gasteiger partial charge on any atom is -0.427 e. The highest BCUT2D eigenvalue weighted by Gasteiger charge is 2.03. The highest BCUT2D eigenvalue weighted by molar-refractivity contribution is 5.72. The number of carbonyl (C=O) groups excluding carboxylic acids is 1. The van der Waals surface area contributed by atoms with Gasteiger partial charge in [0.25, 0.3) is 0 Å². The van der Waals surface area contributed by atoms with E-state index in [4.69, 9.17) is 10.00 Å². The van der Waals surface area contributed by atoms with E-state index in [-0.39, 0.29) is 5.97 Å². The fourth-order valence-electron chi connectivity index (χ4n) is 1.14. The van der Waals surface area contributed by atoms with Crippen LogP contribution in [0.1, 0.15) is 25.7 Å². The lowest BCUT2D eigenvalue weighted by Crippen LogP contribution is -2.07. The summed E-state index contributed by atoms with van der Waals surface area (Å²) in [5.74, 6) is 0.335. The quantitative estimate of drug-likeness (QED) is 0.420. The number of hydrogen-bond donors (Lipinski definition) is 0. The molecule has 0 atom stereocenters. The molecule has 78 valence electrons. The zero-order valence-electron chi connectivity index (χ0n) is 8.48. The highest BCUT2D eigenvalue weighted by atomic mass is 16.5. The summed E-state index contributed by atoms with van der Waals surface area (Å²) in [6.45, 7) is 0. The molecule has 3 heteroatoms. The lowest BCUT2D eigenvalue weighted by molar-refractivity contribution is -0.134. The Balaban J connectivity index is 2.22. The fourth-order valence-corrected chi connectivity index (χ4v) is 1.14. The molecule has 3 nitrogen and oxygen atoms in total. The summed E-state index contributed by atoms with van der Waals surface area (Å²) in [6.07, 6.45) is 2.33. The molecule has 0 amide bonds.